The van der Waals surface area contributed by atoms with E-state index >= 15 is 0 Å². The Morgan fingerprint density at radius 1 is 0.605 bits per heavy atom. The highest BCUT2D eigenvalue weighted by Gasteiger charge is 2.72. The topological polar surface area (TPSA) is 99.1 Å². The molecule has 0 amide bonds. The van der Waals surface area contributed by atoms with Crippen LogP contribution in [0.4, 0.5) is 26.3 Å². The Labute approximate surface area is 237 Å². The molecule has 0 saturated carbocycles. The number of cyclic esters (lactones) is 2. The molecule has 4 aromatic rings. The van der Waals surface area contributed by atoms with Gasteiger partial charge < -0.3 is 19.3 Å². The Bertz CT molecular complexity index is 1710. The van der Waals surface area contributed by atoms with Gasteiger partial charge in [-0.15, -0.1) is 0 Å². The van der Waals surface area contributed by atoms with Gasteiger partial charge in [0, 0.05) is 0 Å². The molecule has 0 aromatic heterocycles. The summed E-state index contributed by atoms with van der Waals surface area (Å²) < 4.78 is 103. The van der Waals surface area contributed by atoms with Crippen molar-refractivity contribution in [2.45, 2.75) is 17.8 Å². The molecule has 1 N–H and O–H groups in total. The molecule has 4 aromatic carbocycles. The monoisotopic (exact) mass is 602 g/mol. The highest BCUT2D eigenvalue weighted by molar-refractivity contribution is 6.14. The van der Waals surface area contributed by atoms with Gasteiger partial charge in [0.05, 0.1) is 16.7 Å². The molecule has 0 bridgehead atoms. The van der Waals surface area contributed by atoms with Crippen molar-refractivity contribution in [2.24, 2.45) is 0 Å². The molecular weight excluding hydrogens is 586 g/mol. The van der Waals surface area contributed by atoms with Crippen molar-refractivity contribution < 1.29 is 60.0 Å². The Kier molecular flexibility index (Phi) is 7.12. The zero-order valence-electron chi connectivity index (χ0n) is 21.3. The Balaban J connectivity index is 1.48. The normalized spacial score (nSPS) is 13.3. The number of carbonyl (C=O) groups excluding carboxylic acids is 2. The molecule has 1 aliphatic rings. The van der Waals surface area contributed by atoms with Crippen LogP contribution in [0.2, 0.25) is 0 Å². The summed E-state index contributed by atoms with van der Waals surface area (Å²) in [7, 11) is 0. The van der Waals surface area contributed by atoms with Crippen molar-refractivity contribution >= 4 is 17.9 Å². The van der Waals surface area contributed by atoms with Crippen molar-refractivity contribution in [1.29, 1.82) is 0 Å². The number of carboxylic acids is 1. The van der Waals surface area contributed by atoms with Crippen LogP contribution in [0.25, 0.3) is 0 Å². The molecule has 1 heterocycles. The van der Waals surface area contributed by atoms with Gasteiger partial charge in [-0.25, -0.2) is 14.4 Å². The summed E-state index contributed by atoms with van der Waals surface area (Å²) in [6.07, 6.45) is -11.7. The lowest BCUT2D eigenvalue weighted by Crippen LogP contribution is -2.54. The van der Waals surface area contributed by atoms with E-state index in [9.17, 15) is 40.7 Å². The third kappa shape index (κ3) is 5.25. The van der Waals surface area contributed by atoms with Gasteiger partial charge in [0.15, 0.2) is 0 Å². The Hall–Kier alpha value is -5.33. The van der Waals surface area contributed by atoms with E-state index < -0.39 is 46.8 Å². The fraction of sp³-hybridized carbons (Fsp3) is 0.100. The number of hydrogen-bond acceptors (Lipinski definition) is 6. The summed E-state index contributed by atoms with van der Waals surface area (Å²) in [6.45, 7) is 0. The van der Waals surface area contributed by atoms with Gasteiger partial charge in [0.25, 0.3) is 0 Å². The molecule has 13 heteroatoms. The summed E-state index contributed by atoms with van der Waals surface area (Å²) in [5.41, 5.74) is -6.99. The average molecular weight is 602 g/mol. The van der Waals surface area contributed by atoms with Gasteiger partial charge in [-0.2, -0.15) is 26.3 Å². The molecule has 0 radical (unpaired) electrons. The van der Waals surface area contributed by atoms with Crippen molar-refractivity contribution in [1.82, 2.24) is 0 Å². The number of ether oxygens (including phenoxy) is 3. The van der Waals surface area contributed by atoms with Gasteiger partial charge >= 0.3 is 30.3 Å². The highest BCUT2D eigenvalue weighted by Crippen LogP contribution is 2.56. The lowest BCUT2D eigenvalue weighted by atomic mass is 9.73. The molecular formula is C30H16F6O7. The maximum Gasteiger partial charge on any atom is 0.411 e. The minimum atomic E-state index is -5.85. The summed E-state index contributed by atoms with van der Waals surface area (Å²) in [6, 6.07) is 15.0. The van der Waals surface area contributed by atoms with Crippen LogP contribution < -0.4 is 9.47 Å². The van der Waals surface area contributed by atoms with E-state index in [-0.39, 0.29) is 39.7 Å². The van der Waals surface area contributed by atoms with Crippen LogP contribution in [0.3, 0.4) is 0 Å². The highest BCUT2D eigenvalue weighted by atomic mass is 19.4. The van der Waals surface area contributed by atoms with Crippen molar-refractivity contribution in [3.05, 3.63) is 119 Å². The number of halogens is 6. The summed E-state index contributed by atoms with van der Waals surface area (Å²) in [5.74, 6) is -3.33. The van der Waals surface area contributed by atoms with Gasteiger partial charge in [-0.1, -0.05) is 30.3 Å². The predicted octanol–water partition coefficient (Wildman–Crippen LogP) is 7.69. The number of esters is 2. The predicted molar refractivity (Wildman–Crippen MR) is 136 cm³/mol. The van der Waals surface area contributed by atoms with Gasteiger partial charge in [-0.3, -0.25) is 0 Å². The first kappa shape index (κ1) is 29.2. The largest absolute Gasteiger partial charge is 0.478 e. The second kappa shape index (κ2) is 10.5. The third-order valence-electron chi connectivity index (χ3n) is 6.59. The lowest BCUT2D eigenvalue weighted by molar-refractivity contribution is -0.288. The molecule has 0 atom stereocenters. The molecule has 5 rings (SSSR count). The van der Waals surface area contributed by atoms with Crippen molar-refractivity contribution in [2.75, 3.05) is 0 Å². The van der Waals surface area contributed by atoms with Crippen LogP contribution in [-0.2, 0) is 10.2 Å². The standard InChI is InChI=1S/C30H16F6O7/c31-29(32,33)28(30(34,35)36,17-4-8-19(9-5-17)41-21-3-1-2-16(14-21)25(37)38)18-6-10-20(11-7-18)42-22-12-13-23-24(15-22)27(40)43-26(23)39/h1-15H,(H,37,38). The number of alkyl halides is 6. The molecule has 0 fully saturated rings. The third-order valence-corrected chi connectivity index (χ3v) is 6.59. The minimum absolute atomic E-state index is 0.00741. The molecule has 7 nitrogen and oxygen atoms in total. The van der Waals surface area contributed by atoms with Crippen LogP contribution in [0.15, 0.2) is 91.0 Å². The number of carbonyl (C=O) groups is 3. The number of carboxylic acid groups (broad SMARTS) is 1. The smallest absolute Gasteiger partial charge is 0.411 e. The molecule has 43 heavy (non-hydrogen) atoms. The summed E-state index contributed by atoms with van der Waals surface area (Å²) in [5, 5.41) is 9.10. The summed E-state index contributed by atoms with van der Waals surface area (Å²) >= 11 is 0. The molecule has 1 aliphatic heterocycles. The molecule has 0 spiro atoms. The van der Waals surface area contributed by atoms with Crippen LogP contribution in [0.5, 0.6) is 23.0 Å². The first-order valence-corrected chi connectivity index (χ1v) is 12.1. The van der Waals surface area contributed by atoms with Crippen LogP contribution in [0.1, 0.15) is 42.2 Å². The number of rotatable bonds is 7. The van der Waals surface area contributed by atoms with Crippen LogP contribution in [0, 0.1) is 0 Å². The minimum Gasteiger partial charge on any atom is -0.478 e. The van der Waals surface area contributed by atoms with Gasteiger partial charge in [0.2, 0.25) is 5.41 Å². The molecule has 0 unspecified atom stereocenters. The molecule has 0 saturated heterocycles. The van der Waals surface area contributed by atoms with E-state index in [0.717, 1.165) is 36.4 Å². The Morgan fingerprint density at radius 3 is 1.56 bits per heavy atom. The Morgan fingerprint density at radius 2 is 1.07 bits per heavy atom. The average Bonchev–Trinajstić information content (AvgIpc) is 3.22. The van der Waals surface area contributed by atoms with E-state index in [1.54, 1.807) is 0 Å². The number of aromatic carboxylic acids is 1. The van der Waals surface area contributed by atoms with Crippen LogP contribution in [-0.4, -0.2) is 35.4 Å². The number of benzene rings is 4. The lowest BCUT2D eigenvalue weighted by Gasteiger charge is -2.38. The number of fused-ring (bicyclic) bond motifs is 1. The van der Waals surface area contributed by atoms with E-state index in [0.29, 0.717) is 24.3 Å². The van der Waals surface area contributed by atoms with Gasteiger partial charge in [-0.05, 0) is 71.8 Å². The molecule has 220 valence electrons. The van der Waals surface area contributed by atoms with E-state index in [2.05, 4.69) is 4.74 Å². The van der Waals surface area contributed by atoms with Crippen molar-refractivity contribution in [3.63, 3.8) is 0 Å². The number of hydrogen-bond donors (Lipinski definition) is 1. The fourth-order valence-electron chi connectivity index (χ4n) is 4.62. The van der Waals surface area contributed by atoms with Crippen molar-refractivity contribution in [3.8, 4) is 23.0 Å². The zero-order chi connectivity index (χ0) is 31.2. The first-order valence-electron chi connectivity index (χ1n) is 12.1. The second-order valence-corrected chi connectivity index (χ2v) is 9.22. The van der Waals surface area contributed by atoms with E-state index in [4.69, 9.17) is 14.6 Å². The van der Waals surface area contributed by atoms with E-state index in [1.165, 1.54) is 30.3 Å². The molecule has 0 aliphatic carbocycles. The second-order valence-electron chi connectivity index (χ2n) is 9.22. The first-order chi connectivity index (χ1) is 20.2. The maximum atomic E-state index is 14.5. The van der Waals surface area contributed by atoms with Crippen LogP contribution >= 0.6 is 0 Å². The van der Waals surface area contributed by atoms with E-state index in [1.807, 2.05) is 0 Å². The van der Waals surface area contributed by atoms with Gasteiger partial charge in [0.1, 0.15) is 23.0 Å². The SMILES string of the molecule is O=C(O)c1cccc(Oc2ccc(C(c3ccc(Oc4ccc5c(c4)C(=O)OC5=O)cc3)(C(F)(F)F)C(F)(F)F)cc2)c1. The summed E-state index contributed by atoms with van der Waals surface area (Å²) in [4.78, 5) is 34.5. The quantitative estimate of drug-likeness (QED) is 0.132. The fourth-order valence-corrected chi connectivity index (χ4v) is 4.62. The maximum absolute atomic E-state index is 14.5. The zero-order valence-corrected chi connectivity index (χ0v) is 21.3.